The van der Waals surface area contributed by atoms with Crippen LogP contribution in [0.5, 0.6) is 0 Å². The molecule has 4 heteroatoms. The number of nitrogens with one attached hydrogen (secondary N) is 1. The minimum atomic E-state index is 0.0686. The monoisotopic (exact) mass is 294 g/mol. The Labute approximate surface area is 109 Å². The SMILES string of the molecule is CCC1CC(=O)Nc2ccc(Br)cc2C1=NC. The van der Waals surface area contributed by atoms with E-state index in [9.17, 15) is 4.79 Å². The molecule has 0 saturated heterocycles. The summed E-state index contributed by atoms with van der Waals surface area (Å²) in [6.07, 6.45) is 1.43. The number of hydrogen-bond donors (Lipinski definition) is 1. The molecule has 3 nitrogen and oxygen atoms in total. The van der Waals surface area contributed by atoms with Crippen molar-refractivity contribution >= 4 is 33.2 Å². The summed E-state index contributed by atoms with van der Waals surface area (Å²) in [5.74, 6) is 0.273. The first-order valence-corrected chi connectivity index (χ1v) is 6.51. The molecular formula is C13H15BrN2O. The van der Waals surface area contributed by atoms with Gasteiger partial charge in [-0.3, -0.25) is 9.79 Å². The van der Waals surface area contributed by atoms with Crippen molar-refractivity contribution in [2.45, 2.75) is 19.8 Å². The van der Waals surface area contributed by atoms with Crippen molar-refractivity contribution in [2.24, 2.45) is 10.9 Å². The minimum absolute atomic E-state index is 0.0686. The van der Waals surface area contributed by atoms with Crippen LogP contribution in [-0.4, -0.2) is 18.7 Å². The molecule has 0 spiro atoms. The number of hydrogen-bond acceptors (Lipinski definition) is 2. The molecule has 90 valence electrons. The van der Waals surface area contributed by atoms with Gasteiger partial charge in [-0.1, -0.05) is 22.9 Å². The number of nitrogens with zero attached hydrogens (tertiary/aromatic N) is 1. The Morgan fingerprint density at radius 3 is 2.94 bits per heavy atom. The summed E-state index contributed by atoms with van der Waals surface area (Å²) in [6.45, 7) is 2.09. The van der Waals surface area contributed by atoms with Crippen molar-refractivity contribution in [1.29, 1.82) is 0 Å². The molecule has 1 atom stereocenters. The minimum Gasteiger partial charge on any atom is -0.325 e. The Kier molecular flexibility index (Phi) is 3.62. The average molecular weight is 295 g/mol. The molecule has 1 heterocycles. The molecule has 2 rings (SSSR count). The highest BCUT2D eigenvalue weighted by Crippen LogP contribution is 2.29. The molecule has 0 aromatic heterocycles. The van der Waals surface area contributed by atoms with Gasteiger partial charge in [-0.2, -0.15) is 0 Å². The van der Waals surface area contributed by atoms with Gasteiger partial charge in [-0.25, -0.2) is 0 Å². The van der Waals surface area contributed by atoms with Crippen LogP contribution < -0.4 is 5.32 Å². The highest BCUT2D eigenvalue weighted by Gasteiger charge is 2.25. The smallest absolute Gasteiger partial charge is 0.225 e. The third-order valence-corrected chi connectivity index (χ3v) is 3.58. The second-order valence-corrected chi connectivity index (χ2v) is 5.07. The summed E-state index contributed by atoms with van der Waals surface area (Å²) in [4.78, 5) is 16.2. The number of anilines is 1. The molecule has 17 heavy (non-hydrogen) atoms. The van der Waals surface area contributed by atoms with E-state index in [0.717, 1.165) is 27.9 Å². The van der Waals surface area contributed by atoms with Gasteiger partial charge < -0.3 is 5.32 Å². The van der Waals surface area contributed by atoms with Gasteiger partial charge in [-0.15, -0.1) is 0 Å². The van der Waals surface area contributed by atoms with Crippen LogP contribution in [0.4, 0.5) is 5.69 Å². The van der Waals surface area contributed by atoms with Crippen LogP contribution in [0, 0.1) is 5.92 Å². The Morgan fingerprint density at radius 1 is 1.53 bits per heavy atom. The standard InChI is InChI=1S/C13H15BrN2O/c1-3-8-6-12(17)16-11-5-4-9(14)7-10(11)13(8)15-2/h4-5,7-8H,3,6H2,1-2H3,(H,16,17). The lowest BCUT2D eigenvalue weighted by Gasteiger charge is -2.14. The van der Waals surface area contributed by atoms with Gasteiger partial charge in [-0.05, 0) is 24.6 Å². The van der Waals surface area contributed by atoms with Gasteiger partial charge >= 0.3 is 0 Å². The maximum Gasteiger partial charge on any atom is 0.225 e. The number of amides is 1. The Balaban J connectivity index is 2.57. The fourth-order valence-electron chi connectivity index (χ4n) is 2.22. The quantitative estimate of drug-likeness (QED) is 0.849. The third kappa shape index (κ3) is 2.41. The zero-order valence-corrected chi connectivity index (χ0v) is 11.5. The molecule has 1 unspecified atom stereocenters. The van der Waals surface area contributed by atoms with E-state index in [1.54, 1.807) is 7.05 Å². The normalized spacial score (nSPS) is 21.9. The molecule has 1 aliphatic heterocycles. The van der Waals surface area contributed by atoms with Gasteiger partial charge in [0.05, 0.1) is 0 Å². The van der Waals surface area contributed by atoms with Crippen LogP contribution >= 0.6 is 15.9 Å². The summed E-state index contributed by atoms with van der Waals surface area (Å²) in [6, 6.07) is 5.87. The predicted molar refractivity (Wildman–Crippen MR) is 73.6 cm³/mol. The number of halogens is 1. The summed E-state index contributed by atoms with van der Waals surface area (Å²) in [5.41, 5.74) is 2.90. The van der Waals surface area contributed by atoms with Crippen LogP contribution in [0.2, 0.25) is 0 Å². The van der Waals surface area contributed by atoms with Crippen LogP contribution in [0.1, 0.15) is 25.3 Å². The Bertz CT molecular complexity index is 482. The molecule has 1 N–H and O–H groups in total. The van der Waals surface area contributed by atoms with Crippen LogP contribution in [0.15, 0.2) is 27.7 Å². The van der Waals surface area contributed by atoms with E-state index < -0.39 is 0 Å². The number of carbonyl (C=O) groups excluding carboxylic acids is 1. The lowest BCUT2D eigenvalue weighted by atomic mass is 9.92. The van der Waals surface area contributed by atoms with E-state index in [-0.39, 0.29) is 11.8 Å². The molecule has 0 saturated carbocycles. The number of fused-ring (bicyclic) bond motifs is 1. The molecule has 0 fully saturated rings. The zero-order chi connectivity index (χ0) is 12.4. The maximum atomic E-state index is 11.8. The van der Waals surface area contributed by atoms with E-state index in [0.29, 0.717) is 6.42 Å². The van der Waals surface area contributed by atoms with Crippen molar-refractivity contribution in [3.05, 3.63) is 28.2 Å². The molecular weight excluding hydrogens is 280 g/mol. The van der Waals surface area contributed by atoms with E-state index >= 15 is 0 Å². The maximum absolute atomic E-state index is 11.8. The summed E-state index contributed by atoms with van der Waals surface area (Å²) in [5, 5.41) is 2.94. The van der Waals surface area contributed by atoms with Crippen molar-refractivity contribution in [1.82, 2.24) is 0 Å². The average Bonchev–Trinajstić information content (AvgIpc) is 2.44. The number of rotatable bonds is 1. The van der Waals surface area contributed by atoms with Crippen molar-refractivity contribution in [2.75, 3.05) is 12.4 Å². The van der Waals surface area contributed by atoms with Gasteiger partial charge in [0.1, 0.15) is 0 Å². The van der Waals surface area contributed by atoms with Gasteiger partial charge in [0, 0.05) is 40.8 Å². The lowest BCUT2D eigenvalue weighted by Crippen LogP contribution is -2.17. The molecule has 1 amide bonds. The number of carbonyl (C=O) groups is 1. The molecule has 1 aromatic carbocycles. The topological polar surface area (TPSA) is 41.5 Å². The fourth-order valence-corrected chi connectivity index (χ4v) is 2.58. The van der Waals surface area contributed by atoms with Crippen molar-refractivity contribution in [3.63, 3.8) is 0 Å². The second-order valence-electron chi connectivity index (χ2n) is 4.16. The van der Waals surface area contributed by atoms with Gasteiger partial charge in [0.2, 0.25) is 5.91 Å². The fraction of sp³-hybridized carbons (Fsp3) is 0.385. The largest absolute Gasteiger partial charge is 0.325 e. The molecule has 0 bridgehead atoms. The summed E-state index contributed by atoms with van der Waals surface area (Å²) >= 11 is 3.46. The lowest BCUT2D eigenvalue weighted by molar-refractivity contribution is -0.116. The number of aliphatic imine (C=N–C) groups is 1. The van der Waals surface area contributed by atoms with E-state index in [1.165, 1.54) is 0 Å². The molecule has 0 aliphatic carbocycles. The van der Waals surface area contributed by atoms with E-state index in [1.807, 2.05) is 18.2 Å². The Morgan fingerprint density at radius 2 is 2.29 bits per heavy atom. The third-order valence-electron chi connectivity index (χ3n) is 3.08. The van der Waals surface area contributed by atoms with E-state index in [4.69, 9.17) is 0 Å². The molecule has 1 aromatic rings. The van der Waals surface area contributed by atoms with Gasteiger partial charge in [0.15, 0.2) is 0 Å². The highest BCUT2D eigenvalue weighted by atomic mass is 79.9. The van der Waals surface area contributed by atoms with Crippen LogP contribution in [0.3, 0.4) is 0 Å². The molecule has 1 aliphatic rings. The highest BCUT2D eigenvalue weighted by molar-refractivity contribution is 9.10. The predicted octanol–water partition coefficient (Wildman–Crippen LogP) is 3.24. The Hall–Kier alpha value is -1.16. The van der Waals surface area contributed by atoms with Crippen LogP contribution in [-0.2, 0) is 4.79 Å². The summed E-state index contributed by atoms with van der Waals surface area (Å²) in [7, 11) is 1.79. The first-order chi connectivity index (χ1) is 8.15. The van der Waals surface area contributed by atoms with E-state index in [2.05, 4.69) is 33.2 Å². The first-order valence-electron chi connectivity index (χ1n) is 5.72. The first kappa shape index (κ1) is 12.3. The second kappa shape index (κ2) is 5.00. The van der Waals surface area contributed by atoms with Crippen molar-refractivity contribution in [3.8, 4) is 0 Å². The zero-order valence-electron chi connectivity index (χ0n) is 9.96. The molecule has 0 radical (unpaired) electrons. The van der Waals surface area contributed by atoms with Crippen LogP contribution in [0.25, 0.3) is 0 Å². The van der Waals surface area contributed by atoms with Crippen molar-refractivity contribution < 1.29 is 4.79 Å². The summed E-state index contributed by atoms with van der Waals surface area (Å²) < 4.78 is 1.00. The number of benzene rings is 1. The van der Waals surface area contributed by atoms with Gasteiger partial charge in [0.25, 0.3) is 0 Å².